The summed E-state index contributed by atoms with van der Waals surface area (Å²) in [6.07, 6.45) is -3.97. The fraction of sp³-hybridized carbons (Fsp3) is 0.600. The summed E-state index contributed by atoms with van der Waals surface area (Å²) in [6, 6.07) is 0. The molecule has 11 heteroatoms. The number of halogens is 3. The Morgan fingerprint density at radius 3 is 2.71 bits per heavy atom. The van der Waals surface area contributed by atoms with Crippen LogP contribution >= 0.6 is 12.2 Å². The van der Waals surface area contributed by atoms with Gasteiger partial charge in [0.25, 0.3) is 11.4 Å². The molecular formula is C10H11F3N2O5S. The van der Waals surface area contributed by atoms with Gasteiger partial charge in [-0.25, -0.2) is 8.78 Å². The van der Waals surface area contributed by atoms with Crippen molar-refractivity contribution >= 4 is 12.2 Å². The Morgan fingerprint density at radius 1 is 1.57 bits per heavy atom. The predicted molar refractivity (Wildman–Crippen MR) is 63.8 cm³/mol. The maximum atomic E-state index is 14.1. The van der Waals surface area contributed by atoms with Crippen LogP contribution in [0.4, 0.5) is 13.2 Å². The van der Waals surface area contributed by atoms with Crippen LogP contribution in [0.3, 0.4) is 0 Å². The highest BCUT2D eigenvalue weighted by molar-refractivity contribution is 7.71. The highest BCUT2D eigenvalue weighted by atomic mass is 32.1. The number of H-pyrrole nitrogens is 1. The minimum Gasteiger partial charge on any atom is -0.390 e. The highest BCUT2D eigenvalue weighted by Gasteiger charge is 2.65. The summed E-state index contributed by atoms with van der Waals surface area (Å²) in [5.74, 6) is -4.52. The first-order valence-corrected chi connectivity index (χ1v) is 6.05. The molecule has 0 aromatic carbocycles. The van der Waals surface area contributed by atoms with E-state index in [1.54, 1.807) is 0 Å². The number of aromatic nitrogens is 2. The molecule has 1 unspecified atom stereocenters. The van der Waals surface area contributed by atoms with E-state index in [2.05, 4.69) is 4.74 Å². The lowest BCUT2D eigenvalue weighted by Crippen LogP contribution is -2.52. The number of rotatable bonds is 3. The van der Waals surface area contributed by atoms with Crippen LogP contribution in [0.1, 0.15) is 6.23 Å². The zero-order chi connectivity index (χ0) is 16.0. The fourth-order valence-corrected chi connectivity index (χ4v) is 2.30. The molecule has 2 rings (SSSR count). The van der Waals surface area contributed by atoms with E-state index in [0.717, 1.165) is 0 Å². The van der Waals surface area contributed by atoms with E-state index in [9.17, 15) is 28.2 Å². The van der Waals surface area contributed by atoms with Crippen molar-refractivity contribution in [3.8, 4) is 0 Å². The van der Waals surface area contributed by atoms with E-state index in [1.807, 2.05) is 4.98 Å². The van der Waals surface area contributed by atoms with Crippen LogP contribution in [0.5, 0.6) is 0 Å². The molecule has 0 aliphatic carbocycles. The fourth-order valence-electron chi connectivity index (χ4n) is 2.06. The Hall–Kier alpha value is -1.27. The molecular weight excluding hydrogens is 317 g/mol. The van der Waals surface area contributed by atoms with Crippen LogP contribution in [0.15, 0.2) is 11.0 Å². The average molecular weight is 328 g/mol. The van der Waals surface area contributed by atoms with Gasteiger partial charge in [-0.05, 0) is 12.2 Å². The van der Waals surface area contributed by atoms with Crippen LogP contribution in [0, 0.1) is 10.6 Å². The van der Waals surface area contributed by atoms with E-state index >= 15 is 0 Å². The van der Waals surface area contributed by atoms with Crippen molar-refractivity contribution in [2.75, 3.05) is 13.3 Å². The first kappa shape index (κ1) is 16.1. The van der Waals surface area contributed by atoms with Gasteiger partial charge in [-0.3, -0.25) is 14.3 Å². The van der Waals surface area contributed by atoms with Gasteiger partial charge in [-0.15, -0.1) is 0 Å². The number of aliphatic hydroxyl groups excluding tert-OH is 2. The first-order valence-electron chi connectivity index (χ1n) is 5.64. The van der Waals surface area contributed by atoms with Crippen LogP contribution in [-0.2, 0) is 4.74 Å². The number of hydrogen-bond acceptors (Lipinski definition) is 6. The number of alkyl halides is 2. The Bertz CT molecular complexity index is 667. The molecule has 0 amide bonds. The van der Waals surface area contributed by atoms with E-state index < -0.39 is 53.2 Å². The number of nitrogens with zero attached hydrogens (tertiary/aromatic N) is 1. The van der Waals surface area contributed by atoms with E-state index in [1.165, 1.54) is 0 Å². The molecule has 1 aliphatic rings. The smallest absolute Gasteiger partial charge is 0.287 e. The maximum Gasteiger partial charge on any atom is 0.287 e. The molecule has 0 radical (unpaired) electrons. The molecule has 4 N–H and O–H groups in total. The predicted octanol–water partition coefficient (Wildman–Crippen LogP) is -0.707. The van der Waals surface area contributed by atoms with Crippen molar-refractivity contribution in [1.82, 2.24) is 9.55 Å². The average Bonchev–Trinajstić information content (AvgIpc) is 2.66. The summed E-state index contributed by atoms with van der Waals surface area (Å²) < 4.78 is 45.2. The monoisotopic (exact) mass is 328 g/mol. The van der Waals surface area contributed by atoms with Gasteiger partial charge in [0.05, 0.1) is 6.20 Å². The van der Waals surface area contributed by atoms with Crippen LogP contribution in [-0.4, -0.2) is 55.7 Å². The van der Waals surface area contributed by atoms with Crippen molar-refractivity contribution < 1.29 is 33.2 Å². The Labute approximate surface area is 120 Å². The van der Waals surface area contributed by atoms with E-state index in [0.29, 0.717) is 10.8 Å². The van der Waals surface area contributed by atoms with E-state index in [4.69, 9.17) is 17.3 Å². The number of aliphatic hydroxyl groups is 3. The second kappa shape index (κ2) is 5.18. The van der Waals surface area contributed by atoms with Gasteiger partial charge >= 0.3 is 0 Å². The molecule has 118 valence electrons. The molecule has 1 aromatic heterocycles. The summed E-state index contributed by atoms with van der Waals surface area (Å²) in [5.41, 5.74) is -4.01. The quantitative estimate of drug-likeness (QED) is 0.546. The zero-order valence-corrected chi connectivity index (χ0v) is 11.1. The Balaban J connectivity index is 2.60. The number of hydrogen-bond donors (Lipinski definition) is 4. The van der Waals surface area contributed by atoms with Crippen LogP contribution in [0.2, 0.25) is 0 Å². The summed E-state index contributed by atoms with van der Waals surface area (Å²) >= 11 is 4.70. The molecule has 4 atom stereocenters. The second-order valence-electron chi connectivity index (χ2n) is 4.59. The van der Waals surface area contributed by atoms with Gasteiger partial charge < -0.3 is 20.1 Å². The maximum absolute atomic E-state index is 14.1. The summed E-state index contributed by atoms with van der Waals surface area (Å²) in [4.78, 5) is 12.9. The lowest BCUT2D eigenvalue weighted by Gasteiger charge is -2.29. The van der Waals surface area contributed by atoms with Crippen LogP contribution < -0.4 is 5.56 Å². The SMILES string of the molecule is O=c1[nH]c(=S)n([C@@H]2O[C@](F)(CO)[C@H](O)C2(O)CF)cc1F. The molecule has 7 nitrogen and oxygen atoms in total. The lowest BCUT2D eigenvalue weighted by atomic mass is 9.94. The second-order valence-corrected chi connectivity index (χ2v) is 4.97. The van der Waals surface area contributed by atoms with Crippen molar-refractivity contribution in [3.63, 3.8) is 0 Å². The third kappa shape index (κ3) is 2.30. The van der Waals surface area contributed by atoms with Gasteiger partial charge in [-0.2, -0.15) is 4.39 Å². The number of ether oxygens (including phenoxy) is 1. The molecule has 0 bridgehead atoms. The van der Waals surface area contributed by atoms with Gasteiger partial charge in [0.15, 0.2) is 22.7 Å². The van der Waals surface area contributed by atoms with Gasteiger partial charge in [0.1, 0.15) is 13.3 Å². The largest absolute Gasteiger partial charge is 0.390 e. The molecule has 21 heavy (non-hydrogen) atoms. The van der Waals surface area contributed by atoms with Crippen molar-refractivity contribution in [3.05, 3.63) is 27.1 Å². The summed E-state index contributed by atoms with van der Waals surface area (Å²) in [6.45, 7) is -3.06. The first-order chi connectivity index (χ1) is 9.69. The zero-order valence-electron chi connectivity index (χ0n) is 10.3. The molecule has 1 saturated heterocycles. The minimum atomic E-state index is -3.17. The normalized spacial score (nSPS) is 36.1. The van der Waals surface area contributed by atoms with Crippen LogP contribution in [0.25, 0.3) is 0 Å². The number of nitrogens with one attached hydrogen (secondary N) is 1. The van der Waals surface area contributed by atoms with Crippen molar-refractivity contribution in [2.45, 2.75) is 23.8 Å². The van der Waals surface area contributed by atoms with Gasteiger partial charge in [0.2, 0.25) is 5.82 Å². The summed E-state index contributed by atoms with van der Waals surface area (Å²) in [7, 11) is 0. The highest BCUT2D eigenvalue weighted by Crippen LogP contribution is 2.45. The topological polar surface area (TPSA) is 108 Å². The molecule has 1 fully saturated rings. The molecule has 1 aliphatic heterocycles. The molecule has 1 aromatic rings. The molecule has 2 heterocycles. The minimum absolute atomic E-state index is 0.475. The van der Waals surface area contributed by atoms with Crippen molar-refractivity contribution in [1.29, 1.82) is 0 Å². The number of aromatic amines is 1. The summed E-state index contributed by atoms with van der Waals surface area (Å²) in [5, 5.41) is 28.6. The molecule has 0 saturated carbocycles. The van der Waals surface area contributed by atoms with Gasteiger partial charge in [0, 0.05) is 0 Å². The van der Waals surface area contributed by atoms with Gasteiger partial charge in [-0.1, -0.05) is 0 Å². The lowest BCUT2D eigenvalue weighted by molar-refractivity contribution is -0.207. The molecule has 0 spiro atoms. The third-order valence-corrected chi connectivity index (χ3v) is 3.54. The Morgan fingerprint density at radius 2 is 2.19 bits per heavy atom. The Kier molecular flexibility index (Phi) is 3.97. The van der Waals surface area contributed by atoms with Crippen molar-refractivity contribution in [2.24, 2.45) is 0 Å². The third-order valence-electron chi connectivity index (χ3n) is 3.22. The standard InChI is InChI=1S/C10H11F3N2O5S/c11-2-9(19)6(18)10(13,3-16)20-7(9)15-1-4(12)5(17)14-8(15)21/h1,6-7,16,18-19H,2-3H2,(H,14,17,21)/t6-,7-,9?,10-/m1/s1. The van der Waals surface area contributed by atoms with E-state index in [-0.39, 0.29) is 0 Å².